The Hall–Kier alpha value is -2.97. The fourth-order valence-electron chi connectivity index (χ4n) is 7.35. The van der Waals surface area contributed by atoms with Crippen LogP contribution in [0.25, 0.3) is 22.1 Å². The fraction of sp³-hybridized carbons (Fsp3) is 0.606. The highest BCUT2D eigenvalue weighted by atomic mass is 16.3. The van der Waals surface area contributed by atoms with Crippen LogP contribution in [0.5, 0.6) is 0 Å². The largest absolute Gasteiger partial charge is 0.391 e. The van der Waals surface area contributed by atoms with Gasteiger partial charge in [-0.2, -0.15) is 0 Å². The van der Waals surface area contributed by atoms with Gasteiger partial charge >= 0.3 is 0 Å². The van der Waals surface area contributed by atoms with Gasteiger partial charge in [-0.1, -0.05) is 26.8 Å². The van der Waals surface area contributed by atoms with E-state index in [1.54, 1.807) is 0 Å². The van der Waals surface area contributed by atoms with E-state index < -0.39 is 0 Å². The van der Waals surface area contributed by atoms with Crippen molar-refractivity contribution >= 4 is 27.9 Å². The normalized spacial score (nSPS) is 26.8. The van der Waals surface area contributed by atoms with Crippen LogP contribution in [0, 0.1) is 17.8 Å². The summed E-state index contributed by atoms with van der Waals surface area (Å²) in [5.41, 5.74) is 10.6. The first kappa shape index (κ1) is 26.9. The summed E-state index contributed by atoms with van der Waals surface area (Å²) in [4.78, 5) is 19.9. The number of fused-ring (bicyclic) bond motifs is 2. The zero-order valence-corrected chi connectivity index (χ0v) is 24.8. The molecule has 4 aromatic rings. The van der Waals surface area contributed by atoms with Gasteiger partial charge in [-0.25, -0.2) is 15.0 Å². The maximum absolute atomic E-state index is 11.1. The van der Waals surface area contributed by atoms with Gasteiger partial charge < -0.3 is 20.4 Å². The number of anilines is 1. The molecule has 218 valence electrons. The number of nitrogens with two attached hydrogens (primary N) is 1. The van der Waals surface area contributed by atoms with Crippen molar-refractivity contribution in [3.63, 3.8) is 0 Å². The molecule has 0 aliphatic heterocycles. The second-order valence-electron chi connectivity index (χ2n) is 14.3. The van der Waals surface area contributed by atoms with Gasteiger partial charge in [-0.05, 0) is 91.9 Å². The topological polar surface area (TPSA) is 109 Å². The smallest absolute Gasteiger partial charge is 0.145 e. The number of aliphatic hydroxyl groups is 1. The van der Waals surface area contributed by atoms with Crippen LogP contribution in [0.4, 0.5) is 5.82 Å². The minimum atomic E-state index is -0.355. The summed E-state index contributed by atoms with van der Waals surface area (Å²) in [6.07, 6.45) is 12.6. The standard InChI is InChI=1S/C33H45N7O/c1-33(2,3)23-7-8-26-27(16-23)38-30(37-26)9-6-21-12-24(13-21)39(17-20-4-5-20)18-22-14-28(29(41)15-22)40-11-10-25-31(34)35-19-36-32(25)40/h7-8,10-11,16,19-22,24,28-29,41H,4-6,9,12-15,17-18H2,1-3H3,(H,37,38)(H2,34,35,36)/t21-,22-,24+,28+,29+/m0/s1. The Morgan fingerprint density at radius 3 is 2.61 bits per heavy atom. The fourth-order valence-corrected chi connectivity index (χ4v) is 7.35. The molecule has 41 heavy (non-hydrogen) atoms. The zero-order valence-electron chi connectivity index (χ0n) is 24.8. The Labute approximate surface area is 242 Å². The molecule has 3 atom stereocenters. The molecule has 0 amide bonds. The number of hydrogen-bond acceptors (Lipinski definition) is 6. The third-order valence-corrected chi connectivity index (χ3v) is 10.1. The molecule has 0 unspecified atom stereocenters. The monoisotopic (exact) mass is 555 g/mol. The Bertz CT molecular complexity index is 1520. The lowest BCUT2D eigenvalue weighted by atomic mass is 9.76. The van der Waals surface area contributed by atoms with E-state index in [-0.39, 0.29) is 17.6 Å². The molecule has 8 heteroatoms. The summed E-state index contributed by atoms with van der Waals surface area (Å²) >= 11 is 0. The molecule has 4 N–H and O–H groups in total. The third kappa shape index (κ3) is 5.48. The lowest BCUT2D eigenvalue weighted by molar-refractivity contribution is 0.0549. The Kier molecular flexibility index (Phi) is 6.81. The minimum Gasteiger partial charge on any atom is -0.391 e. The molecular formula is C33H45N7O. The molecule has 3 aromatic heterocycles. The number of nitrogens with zero attached hydrogens (tertiary/aromatic N) is 5. The predicted octanol–water partition coefficient (Wildman–Crippen LogP) is 5.62. The second-order valence-corrected chi connectivity index (χ2v) is 14.3. The van der Waals surface area contributed by atoms with Gasteiger partial charge in [0.05, 0.1) is 28.6 Å². The highest BCUT2D eigenvalue weighted by Crippen LogP contribution is 2.42. The number of H-pyrrole nitrogens is 1. The van der Waals surface area contributed by atoms with Crippen LogP contribution in [0.15, 0.2) is 36.8 Å². The summed E-state index contributed by atoms with van der Waals surface area (Å²) in [6, 6.07) is 9.37. The summed E-state index contributed by atoms with van der Waals surface area (Å²) in [5.74, 6) is 3.77. The van der Waals surface area contributed by atoms with Crippen LogP contribution in [-0.4, -0.2) is 59.7 Å². The molecule has 0 saturated heterocycles. The molecule has 0 spiro atoms. The van der Waals surface area contributed by atoms with Gasteiger partial charge in [0.2, 0.25) is 0 Å². The first-order valence-corrected chi connectivity index (χ1v) is 15.7. The number of hydrogen-bond donors (Lipinski definition) is 3. The van der Waals surface area contributed by atoms with E-state index in [1.165, 1.54) is 50.5 Å². The van der Waals surface area contributed by atoms with Crippen molar-refractivity contribution < 1.29 is 5.11 Å². The molecule has 7 rings (SSSR count). The van der Waals surface area contributed by atoms with E-state index in [1.807, 2.05) is 12.3 Å². The number of nitrogen functional groups attached to an aromatic ring is 1. The van der Waals surface area contributed by atoms with Crippen molar-refractivity contribution in [1.29, 1.82) is 0 Å². The van der Waals surface area contributed by atoms with E-state index in [2.05, 4.69) is 63.4 Å². The number of aromatic nitrogens is 5. The lowest BCUT2D eigenvalue weighted by Gasteiger charge is -2.44. The number of nitrogens with one attached hydrogen (secondary N) is 1. The molecule has 3 aliphatic carbocycles. The molecule has 0 bridgehead atoms. The molecule has 8 nitrogen and oxygen atoms in total. The SMILES string of the molecule is CC(C)(C)c1ccc2[nH]c(CC[C@H]3C[C@@H](N(CC4CC4)C[C@@H]4C[C@@H](O)[C@H](n5ccc6c(N)ncnc65)C4)C3)nc2c1. The number of aliphatic hydroxyl groups excluding tert-OH is 1. The van der Waals surface area contributed by atoms with Crippen molar-refractivity contribution in [3.05, 3.63) is 48.2 Å². The summed E-state index contributed by atoms with van der Waals surface area (Å²) in [7, 11) is 0. The Balaban J connectivity index is 0.951. The highest BCUT2D eigenvalue weighted by Gasteiger charge is 2.40. The van der Waals surface area contributed by atoms with Gasteiger partial charge in [0.1, 0.15) is 23.6 Å². The molecule has 3 fully saturated rings. The second kappa shape index (κ2) is 10.4. The van der Waals surface area contributed by atoms with E-state index in [0.29, 0.717) is 17.8 Å². The maximum atomic E-state index is 11.1. The highest BCUT2D eigenvalue weighted by molar-refractivity contribution is 5.86. The maximum Gasteiger partial charge on any atom is 0.145 e. The first-order valence-electron chi connectivity index (χ1n) is 15.7. The summed E-state index contributed by atoms with van der Waals surface area (Å²) in [6.45, 7) is 9.08. The number of imidazole rings is 1. The Morgan fingerprint density at radius 2 is 1.83 bits per heavy atom. The van der Waals surface area contributed by atoms with Crippen LogP contribution in [-0.2, 0) is 11.8 Å². The van der Waals surface area contributed by atoms with Crippen molar-refractivity contribution in [2.24, 2.45) is 17.8 Å². The van der Waals surface area contributed by atoms with Crippen molar-refractivity contribution in [2.45, 2.75) is 95.7 Å². The number of aryl methyl sites for hydroxylation is 1. The minimum absolute atomic E-state index is 0.0481. The first-order chi connectivity index (χ1) is 19.7. The average Bonchev–Trinajstić information content (AvgIpc) is 3.28. The van der Waals surface area contributed by atoms with E-state index >= 15 is 0 Å². The molecule has 0 radical (unpaired) electrons. The molecule has 3 heterocycles. The summed E-state index contributed by atoms with van der Waals surface area (Å²) < 4.78 is 2.13. The Morgan fingerprint density at radius 1 is 1.02 bits per heavy atom. The average molecular weight is 556 g/mol. The van der Waals surface area contributed by atoms with Gasteiger partial charge in [-0.3, -0.25) is 4.90 Å². The molecule has 3 saturated carbocycles. The van der Waals surface area contributed by atoms with Crippen molar-refractivity contribution in [1.82, 2.24) is 29.4 Å². The van der Waals surface area contributed by atoms with Crippen molar-refractivity contribution in [3.8, 4) is 0 Å². The van der Waals surface area contributed by atoms with Gasteiger partial charge in [0, 0.05) is 31.7 Å². The molecule has 1 aromatic carbocycles. The van der Waals surface area contributed by atoms with Crippen LogP contribution in [0.3, 0.4) is 0 Å². The van der Waals surface area contributed by atoms with Crippen LogP contribution < -0.4 is 5.73 Å². The van der Waals surface area contributed by atoms with Crippen LogP contribution in [0.1, 0.15) is 83.1 Å². The van der Waals surface area contributed by atoms with Gasteiger partial charge in [0.15, 0.2) is 0 Å². The quantitative estimate of drug-likeness (QED) is 0.247. The van der Waals surface area contributed by atoms with Gasteiger partial charge in [0.25, 0.3) is 0 Å². The van der Waals surface area contributed by atoms with E-state index in [0.717, 1.165) is 65.5 Å². The van der Waals surface area contributed by atoms with Crippen molar-refractivity contribution in [2.75, 3.05) is 18.8 Å². The summed E-state index contributed by atoms with van der Waals surface area (Å²) in [5, 5.41) is 12.0. The number of aromatic amines is 1. The van der Waals surface area contributed by atoms with Crippen LogP contribution in [0.2, 0.25) is 0 Å². The molecular weight excluding hydrogens is 510 g/mol. The number of rotatable bonds is 9. The van der Waals surface area contributed by atoms with E-state index in [4.69, 9.17) is 10.7 Å². The van der Waals surface area contributed by atoms with Gasteiger partial charge in [-0.15, -0.1) is 0 Å². The number of benzene rings is 1. The van der Waals surface area contributed by atoms with E-state index in [9.17, 15) is 5.11 Å². The molecule has 3 aliphatic rings. The zero-order chi connectivity index (χ0) is 28.3. The van der Waals surface area contributed by atoms with Crippen LogP contribution >= 0.6 is 0 Å². The predicted molar refractivity (Wildman–Crippen MR) is 164 cm³/mol. The lowest BCUT2D eigenvalue weighted by Crippen LogP contribution is -2.47. The third-order valence-electron chi connectivity index (χ3n) is 10.1.